The van der Waals surface area contributed by atoms with Crippen LogP contribution < -0.4 is 4.72 Å². The van der Waals surface area contributed by atoms with Crippen molar-refractivity contribution in [1.82, 2.24) is 4.98 Å². The summed E-state index contributed by atoms with van der Waals surface area (Å²) in [5.74, 6) is -0.761. The minimum atomic E-state index is -3.75. The van der Waals surface area contributed by atoms with Crippen molar-refractivity contribution in [1.29, 1.82) is 0 Å². The number of carboxylic acids is 1. The van der Waals surface area contributed by atoms with Crippen LogP contribution in [-0.2, 0) is 14.8 Å². The summed E-state index contributed by atoms with van der Waals surface area (Å²) >= 11 is 5.86. The number of halogens is 1. The third-order valence-corrected chi connectivity index (χ3v) is 6.78. The quantitative estimate of drug-likeness (QED) is 0.349. The van der Waals surface area contributed by atoms with E-state index in [2.05, 4.69) is 9.71 Å². The van der Waals surface area contributed by atoms with Crippen molar-refractivity contribution in [2.45, 2.75) is 42.9 Å². The predicted molar refractivity (Wildman–Crippen MR) is 126 cm³/mol. The first kappa shape index (κ1) is 23.8. The molecule has 0 amide bonds. The lowest BCUT2D eigenvalue weighted by Gasteiger charge is -2.19. The number of carbonyl (C=O) groups is 1. The second-order valence-electron chi connectivity index (χ2n) is 7.52. The Bertz CT molecular complexity index is 1140. The molecule has 168 valence electrons. The van der Waals surface area contributed by atoms with Crippen molar-refractivity contribution >= 4 is 33.3 Å². The zero-order valence-corrected chi connectivity index (χ0v) is 19.0. The minimum Gasteiger partial charge on any atom is -0.481 e. The maximum atomic E-state index is 12.8. The van der Waals surface area contributed by atoms with Crippen LogP contribution in [0, 0.1) is 0 Å². The fraction of sp³-hybridized carbons (Fsp3) is 0.250. The van der Waals surface area contributed by atoms with Crippen molar-refractivity contribution in [3.05, 3.63) is 89.2 Å². The van der Waals surface area contributed by atoms with Gasteiger partial charge in [-0.25, -0.2) is 8.42 Å². The molecule has 0 saturated carbocycles. The molecule has 3 aromatic rings. The normalized spacial score (nSPS) is 12.3. The monoisotopic (exact) mass is 472 g/mol. The Balaban J connectivity index is 1.79. The Morgan fingerprint density at radius 3 is 2.44 bits per heavy atom. The van der Waals surface area contributed by atoms with Crippen LogP contribution in [0.3, 0.4) is 0 Å². The van der Waals surface area contributed by atoms with Crippen molar-refractivity contribution in [3.8, 4) is 0 Å². The van der Waals surface area contributed by atoms with Gasteiger partial charge in [-0.3, -0.25) is 14.5 Å². The lowest BCUT2D eigenvalue weighted by molar-refractivity contribution is -0.137. The second-order valence-corrected chi connectivity index (χ2v) is 9.64. The van der Waals surface area contributed by atoms with E-state index in [-0.39, 0.29) is 17.2 Å². The van der Waals surface area contributed by atoms with Crippen molar-refractivity contribution in [2.75, 3.05) is 4.72 Å². The summed E-state index contributed by atoms with van der Waals surface area (Å²) < 4.78 is 28.1. The van der Waals surface area contributed by atoms with Gasteiger partial charge in [0.2, 0.25) is 0 Å². The van der Waals surface area contributed by atoms with Gasteiger partial charge >= 0.3 is 5.97 Å². The zero-order valence-electron chi connectivity index (χ0n) is 17.4. The number of unbranched alkanes of at least 4 members (excludes halogenated alkanes) is 2. The van der Waals surface area contributed by atoms with Gasteiger partial charge in [-0.2, -0.15) is 0 Å². The van der Waals surface area contributed by atoms with Gasteiger partial charge in [-0.15, -0.1) is 0 Å². The van der Waals surface area contributed by atoms with E-state index in [0.29, 0.717) is 17.1 Å². The smallest absolute Gasteiger partial charge is 0.303 e. The summed E-state index contributed by atoms with van der Waals surface area (Å²) in [6.07, 6.45) is 6.80. The van der Waals surface area contributed by atoms with E-state index >= 15 is 0 Å². The molecule has 2 aromatic carbocycles. The zero-order chi connectivity index (χ0) is 23.0. The average Bonchev–Trinajstić information content (AvgIpc) is 2.77. The summed E-state index contributed by atoms with van der Waals surface area (Å²) in [4.78, 5) is 15.1. The molecule has 0 saturated heterocycles. The molecule has 0 aliphatic heterocycles. The maximum Gasteiger partial charge on any atom is 0.303 e. The molecule has 0 spiro atoms. The average molecular weight is 473 g/mol. The highest BCUT2D eigenvalue weighted by Gasteiger charge is 2.18. The number of hydrogen-bond acceptors (Lipinski definition) is 4. The number of aromatic nitrogens is 1. The SMILES string of the molecule is O=C(O)CCCCCC(c1cccnc1)c1cccc(NS(=O)(=O)c2ccc(Cl)cc2)c1. The standard InChI is InChI=1S/C24H25ClN2O4S/c25-20-11-13-22(14-12-20)32(30,31)27-21-8-4-6-18(16-21)23(19-7-5-15-26-17-19)9-2-1-3-10-24(28)29/h4-8,11-17,23,27H,1-3,9-10H2,(H,28,29). The minimum absolute atomic E-state index is 0.0218. The molecule has 0 aliphatic rings. The van der Waals surface area contributed by atoms with Gasteiger partial charge in [0.05, 0.1) is 4.90 Å². The van der Waals surface area contributed by atoms with Gasteiger partial charge in [0, 0.05) is 35.4 Å². The summed E-state index contributed by atoms with van der Waals surface area (Å²) in [5.41, 5.74) is 2.47. The molecule has 1 unspecified atom stereocenters. The first-order valence-electron chi connectivity index (χ1n) is 10.4. The molecule has 8 heteroatoms. The van der Waals surface area contributed by atoms with E-state index in [9.17, 15) is 13.2 Å². The first-order valence-corrected chi connectivity index (χ1v) is 12.2. The molecule has 1 atom stereocenters. The van der Waals surface area contributed by atoms with Crippen LogP contribution in [0.1, 0.15) is 49.1 Å². The van der Waals surface area contributed by atoms with E-state index in [0.717, 1.165) is 30.4 Å². The topological polar surface area (TPSA) is 96.4 Å². The molecule has 0 fully saturated rings. The van der Waals surface area contributed by atoms with Gasteiger partial charge in [0.25, 0.3) is 10.0 Å². The number of rotatable bonds is 11. The third-order valence-electron chi connectivity index (χ3n) is 5.14. The molecule has 0 bridgehead atoms. The molecule has 0 aliphatic carbocycles. The Hall–Kier alpha value is -2.90. The molecule has 3 rings (SSSR count). The van der Waals surface area contributed by atoms with Gasteiger partial charge in [-0.1, -0.05) is 42.6 Å². The van der Waals surface area contributed by atoms with Crippen LogP contribution in [0.15, 0.2) is 78.0 Å². The first-order chi connectivity index (χ1) is 15.3. The molecule has 6 nitrogen and oxygen atoms in total. The fourth-order valence-electron chi connectivity index (χ4n) is 3.56. The van der Waals surface area contributed by atoms with Gasteiger partial charge in [0.15, 0.2) is 0 Å². The summed E-state index contributed by atoms with van der Waals surface area (Å²) in [7, 11) is -3.75. The molecule has 32 heavy (non-hydrogen) atoms. The van der Waals surface area contributed by atoms with E-state index < -0.39 is 16.0 Å². The number of nitrogens with one attached hydrogen (secondary N) is 1. The van der Waals surface area contributed by atoms with E-state index in [1.54, 1.807) is 12.3 Å². The molecule has 0 radical (unpaired) electrons. The lowest BCUT2D eigenvalue weighted by atomic mass is 9.87. The largest absolute Gasteiger partial charge is 0.481 e. The second kappa shape index (κ2) is 11.1. The lowest BCUT2D eigenvalue weighted by Crippen LogP contribution is -2.13. The van der Waals surface area contributed by atoms with Crippen LogP contribution in [0.25, 0.3) is 0 Å². The van der Waals surface area contributed by atoms with Crippen LogP contribution in [-0.4, -0.2) is 24.5 Å². The molecule has 2 N–H and O–H groups in total. The Kier molecular flexibility index (Phi) is 8.25. The van der Waals surface area contributed by atoms with Crippen LogP contribution in [0.5, 0.6) is 0 Å². The van der Waals surface area contributed by atoms with Gasteiger partial charge in [0.1, 0.15) is 0 Å². The summed E-state index contributed by atoms with van der Waals surface area (Å²) in [6.45, 7) is 0. The Labute approximate surface area is 193 Å². The van der Waals surface area contributed by atoms with Gasteiger partial charge < -0.3 is 5.11 Å². The van der Waals surface area contributed by atoms with Crippen LogP contribution in [0.4, 0.5) is 5.69 Å². The van der Waals surface area contributed by atoms with E-state index in [4.69, 9.17) is 16.7 Å². The highest BCUT2D eigenvalue weighted by molar-refractivity contribution is 7.92. The van der Waals surface area contributed by atoms with Crippen molar-refractivity contribution in [3.63, 3.8) is 0 Å². The Morgan fingerprint density at radius 1 is 1.00 bits per heavy atom. The maximum absolute atomic E-state index is 12.8. The van der Waals surface area contributed by atoms with Crippen molar-refractivity contribution < 1.29 is 18.3 Å². The summed E-state index contributed by atoms with van der Waals surface area (Å²) in [5, 5.41) is 9.29. The predicted octanol–water partition coefficient (Wildman–Crippen LogP) is 5.70. The highest BCUT2D eigenvalue weighted by Crippen LogP contribution is 2.31. The number of benzene rings is 2. The number of pyridine rings is 1. The third kappa shape index (κ3) is 6.80. The highest BCUT2D eigenvalue weighted by atomic mass is 35.5. The molecular formula is C24H25ClN2O4S. The van der Waals surface area contributed by atoms with Gasteiger partial charge in [-0.05, 0) is 66.4 Å². The Morgan fingerprint density at radius 2 is 1.75 bits per heavy atom. The number of aliphatic carboxylic acids is 1. The number of carboxylic acid groups (broad SMARTS) is 1. The van der Waals surface area contributed by atoms with Crippen molar-refractivity contribution in [2.24, 2.45) is 0 Å². The molecular weight excluding hydrogens is 448 g/mol. The number of anilines is 1. The van der Waals surface area contributed by atoms with Crippen LogP contribution >= 0.6 is 11.6 Å². The fourth-order valence-corrected chi connectivity index (χ4v) is 4.73. The summed E-state index contributed by atoms with van der Waals surface area (Å²) in [6, 6.07) is 17.2. The number of nitrogens with zero attached hydrogens (tertiary/aromatic N) is 1. The molecule has 1 aromatic heterocycles. The molecule has 1 heterocycles. The van der Waals surface area contributed by atoms with E-state index in [1.165, 1.54) is 24.3 Å². The number of sulfonamides is 1. The van der Waals surface area contributed by atoms with E-state index in [1.807, 2.05) is 36.5 Å². The van der Waals surface area contributed by atoms with Crippen LogP contribution in [0.2, 0.25) is 5.02 Å². The number of hydrogen-bond donors (Lipinski definition) is 2.